The van der Waals surface area contributed by atoms with Gasteiger partial charge in [0.15, 0.2) is 0 Å². The molecule has 4 heteroatoms. The first-order valence-corrected chi connectivity index (χ1v) is 6.91. The largest absolute Gasteiger partial charge is 0.459 e. The van der Waals surface area contributed by atoms with E-state index in [0.717, 1.165) is 5.56 Å². The number of esters is 2. The van der Waals surface area contributed by atoms with Gasteiger partial charge in [-0.25, -0.2) is 4.79 Å². The molecule has 1 aliphatic heterocycles. The Morgan fingerprint density at radius 1 is 1.43 bits per heavy atom. The van der Waals surface area contributed by atoms with Gasteiger partial charge in [0, 0.05) is 25.8 Å². The highest BCUT2D eigenvalue weighted by molar-refractivity contribution is 5.82. The molecule has 4 nitrogen and oxygen atoms in total. The Morgan fingerprint density at radius 2 is 2.19 bits per heavy atom. The minimum atomic E-state index is -0.410. The van der Waals surface area contributed by atoms with Gasteiger partial charge in [-0.2, -0.15) is 0 Å². The van der Waals surface area contributed by atoms with E-state index in [1.165, 1.54) is 13.0 Å². The monoisotopic (exact) mass is 286 g/mol. The van der Waals surface area contributed by atoms with Crippen molar-refractivity contribution < 1.29 is 19.1 Å². The molecule has 0 saturated heterocycles. The number of carbonyl (C=O) groups excluding carboxylic acids is 2. The lowest BCUT2D eigenvalue weighted by Gasteiger charge is -2.22. The summed E-state index contributed by atoms with van der Waals surface area (Å²) in [6.45, 7) is 1.37. The van der Waals surface area contributed by atoms with Crippen molar-refractivity contribution in [3.63, 3.8) is 0 Å². The molecule has 1 aliphatic rings. The molecule has 0 radical (unpaired) electrons. The highest BCUT2D eigenvalue weighted by Gasteiger charge is 2.21. The van der Waals surface area contributed by atoms with Gasteiger partial charge in [-0.3, -0.25) is 4.79 Å². The maximum Gasteiger partial charge on any atom is 0.330 e. The quantitative estimate of drug-likeness (QED) is 0.781. The predicted octanol–water partition coefficient (Wildman–Crippen LogP) is 2.89. The Bertz CT molecular complexity index is 545. The Labute approximate surface area is 124 Å². The molecule has 0 amide bonds. The van der Waals surface area contributed by atoms with Crippen molar-refractivity contribution in [2.75, 3.05) is 0 Å². The lowest BCUT2D eigenvalue weighted by atomic mass is 10.1. The fourth-order valence-corrected chi connectivity index (χ4v) is 2.13. The van der Waals surface area contributed by atoms with Crippen LogP contribution in [-0.4, -0.2) is 24.1 Å². The van der Waals surface area contributed by atoms with Crippen LogP contribution in [0.3, 0.4) is 0 Å². The molecule has 0 unspecified atom stereocenters. The summed E-state index contributed by atoms with van der Waals surface area (Å²) in [5, 5.41) is 0. The summed E-state index contributed by atoms with van der Waals surface area (Å²) in [6, 6.07) is 9.74. The Morgan fingerprint density at radius 3 is 2.86 bits per heavy atom. The highest BCUT2D eigenvalue weighted by Crippen LogP contribution is 2.17. The molecule has 0 aliphatic carbocycles. The van der Waals surface area contributed by atoms with Crippen LogP contribution in [0.2, 0.25) is 0 Å². The Balaban J connectivity index is 2.00. The molecule has 110 valence electrons. The zero-order chi connectivity index (χ0) is 15.1. The zero-order valence-corrected chi connectivity index (χ0v) is 11.9. The second-order valence-electron chi connectivity index (χ2n) is 4.85. The van der Waals surface area contributed by atoms with Crippen LogP contribution in [-0.2, 0) is 19.1 Å². The molecular formula is C17H18O4. The molecule has 1 aromatic carbocycles. The van der Waals surface area contributed by atoms with E-state index in [-0.39, 0.29) is 18.0 Å². The number of hydrogen-bond donors (Lipinski definition) is 0. The van der Waals surface area contributed by atoms with E-state index in [0.29, 0.717) is 12.8 Å². The second kappa shape index (κ2) is 7.43. The molecule has 1 aromatic rings. The summed E-state index contributed by atoms with van der Waals surface area (Å²) in [5.74, 6) is -0.699. The number of hydrogen-bond acceptors (Lipinski definition) is 4. The normalized spacial score (nSPS) is 19.3. The first kappa shape index (κ1) is 15.0. The second-order valence-corrected chi connectivity index (χ2v) is 4.85. The maximum atomic E-state index is 11.2. The Kier molecular flexibility index (Phi) is 5.32. The summed E-state index contributed by atoms with van der Waals surface area (Å²) in [6.07, 6.45) is 7.34. The van der Waals surface area contributed by atoms with Crippen molar-refractivity contribution in [2.24, 2.45) is 0 Å². The fourth-order valence-electron chi connectivity index (χ4n) is 2.13. The van der Waals surface area contributed by atoms with Crippen molar-refractivity contribution in [3.05, 3.63) is 54.1 Å². The zero-order valence-electron chi connectivity index (χ0n) is 11.9. The number of rotatable bonds is 5. The number of ether oxygens (including phenoxy) is 2. The molecule has 0 spiro atoms. The highest BCUT2D eigenvalue weighted by atomic mass is 16.6. The van der Waals surface area contributed by atoms with Gasteiger partial charge >= 0.3 is 11.9 Å². The number of benzene rings is 1. The van der Waals surface area contributed by atoms with Crippen LogP contribution in [0.15, 0.2) is 48.6 Å². The van der Waals surface area contributed by atoms with Crippen molar-refractivity contribution >= 4 is 18.0 Å². The molecule has 0 bridgehead atoms. The molecule has 0 fully saturated rings. The summed E-state index contributed by atoms with van der Waals surface area (Å²) < 4.78 is 10.5. The van der Waals surface area contributed by atoms with Crippen LogP contribution >= 0.6 is 0 Å². The molecule has 0 saturated carbocycles. The predicted molar refractivity (Wildman–Crippen MR) is 79.3 cm³/mol. The third-order valence-corrected chi connectivity index (χ3v) is 3.05. The van der Waals surface area contributed by atoms with E-state index >= 15 is 0 Å². The lowest BCUT2D eigenvalue weighted by Crippen LogP contribution is -2.26. The van der Waals surface area contributed by atoms with Crippen LogP contribution in [0.25, 0.3) is 6.08 Å². The van der Waals surface area contributed by atoms with Gasteiger partial charge < -0.3 is 9.47 Å². The number of carbonyl (C=O) groups is 2. The van der Waals surface area contributed by atoms with Gasteiger partial charge in [-0.15, -0.1) is 0 Å². The average molecular weight is 286 g/mol. The standard InChI is InChI=1S/C17H18O4/c1-13(18)20-16(11-10-14-6-3-2-4-7-14)12-15-8-5-9-17(19)21-15/h2-7,9-11,15-16H,8,12H2,1H3/t15-,16+/m1/s1. The molecule has 1 heterocycles. The minimum Gasteiger partial charge on any atom is -0.459 e. The first-order chi connectivity index (χ1) is 10.1. The average Bonchev–Trinajstić information content (AvgIpc) is 2.45. The van der Waals surface area contributed by atoms with Crippen LogP contribution in [0.1, 0.15) is 25.3 Å². The van der Waals surface area contributed by atoms with E-state index in [2.05, 4.69) is 0 Å². The lowest BCUT2D eigenvalue weighted by molar-refractivity contribution is -0.149. The van der Waals surface area contributed by atoms with Crippen LogP contribution < -0.4 is 0 Å². The van der Waals surface area contributed by atoms with E-state index in [4.69, 9.17) is 9.47 Å². The van der Waals surface area contributed by atoms with Crippen LogP contribution in [0.4, 0.5) is 0 Å². The molecular weight excluding hydrogens is 268 g/mol. The van der Waals surface area contributed by atoms with Gasteiger partial charge in [-0.1, -0.05) is 42.5 Å². The van der Waals surface area contributed by atoms with Crippen molar-refractivity contribution in [1.29, 1.82) is 0 Å². The van der Waals surface area contributed by atoms with Gasteiger partial charge in [-0.05, 0) is 11.6 Å². The van der Waals surface area contributed by atoms with Crippen molar-refractivity contribution in [2.45, 2.75) is 32.0 Å². The third-order valence-electron chi connectivity index (χ3n) is 3.05. The molecule has 0 aromatic heterocycles. The van der Waals surface area contributed by atoms with Crippen LogP contribution in [0, 0.1) is 0 Å². The topological polar surface area (TPSA) is 52.6 Å². The summed E-state index contributed by atoms with van der Waals surface area (Å²) >= 11 is 0. The fraction of sp³-hybridized carbons (Fsp3) is 0.294. The van der Waals surface area contributed by atoms with Gasteiger partial charge in [0.25, 0.3) is 0 Å². The van der Waals surface area contributed by atoms with Gasteiger partial charge in [0.05, 0.1) is 0 Å². The van der Waals surface area contributed by atoms with E-state index < -0.39 is 6.10 Å². The SMILES string of the molecule is CC(=O)O[C@@H](C=Cc1ccccc1)C[C@H]1CC=CC(=O)O1. The summed E-state index contributed by atoms with van der Waals surface area (Å²) in [4.78, 5) is 22.4. The van der Waals surface area contributed by atoms with Gasteiger partial charge in [0.1, 0.15) is 12.2 Å². The smallest absolute Gasteiger partial charge is 0.330 e. The molecule has 21 heavy (non-hydrogen) atoms. The molecule has 0 N–H and O–H groups in total. The number of cyclic esters (lactones) is 1. The first-order valence-electron chi connectivity index (χ1n) is 6.91. The summed E-state index contributed by atoms with van der Waals surface area (Å²) in [5.41, 5.74) is 1.02. The minimum absolute atomic E-state index is 0.257. The maximum absolute atomic E-state index is 11.2. The molecule has 2 rings (SSSR count). The summed E-state index contributed by atoms with van der Waals surface area (Å²) in [7, 11) is 0. The van der Waals surface area contributed by atoms with Crippen LogP contribution in [0.5, 0.6) is 0 Å². The van der Waals surface area contributed by atoms with Crippen molar-refractivity contribution in [3.8, 4) is 0 Å². The Hall–Kier alpha value is -2.36. The van der Waals surface area contributed by atoms with E-state index in [1.807, 2.05) is 42.5 Å². The molecule has 2 atom stereocenters. The van der Waals surface area contributed by atoms with Gasteiger partial charge in [0.2, 0.25) is 0 Å². The van der Waals surface area contributed by atoms with E-state index in [9.17, 15) is 9.59 Å². The van der Waals surface area contributed by atoms with Crippen molar-refractivity contribution in [1.82, 2.24) is 0 Å². The van der Waals surface area contributed by atoms with E-state index in [1.54, 1.807) is 6.08 Å². The third kappa shape index (κ3) is 5.26.